The minimum Gasteiger partial charge on any atom is -0.377 e. The maximum Gasteiger partial charge on any atom is 0.0727 e. The van der Waals surface area contributed by atoms with Gasteiger partial charge in [0.1, 0.15) is 0 Å². The third-order valence-electron chi connectivity index (χ3n) is 5.70. The first-order valence-electron chi connectivity index (χ1n) is 11.4. The van der Waals surface area contributed by atoms with Crippen molar-refractivity contribution in [1.82, 2.24) is 0 Å². The van der Waals surface area contributed by atoms with E-state index in [4.69, 9.17) is 16.2 Å². The van der Waals surface area contributed by atoms with Gasteiger partial charge in [0.25, 0.3) is 0 Å². The van der Waals surface area contributed by atoms with E-state index in [1.165, 1.54) is 89.9 Å². The molecule has 3 heteroatoms. The van der Waals surface area contributed by atoms with Crippen LogP contribution in [0.4, 0.5) is 0 Å². The molecule has 150 valence electrons. The van der Waals surface area contributed by atoms with Crippen molar-refractivity contribution in [2.45, 2.75) is 134 Å². The van der Waals surface area contributed by atoms with E-state index in [2.05, 4.69) is 6.92 Å². The molecule has 0 amide bonds. The molecular formula is C22H46N2O. The number of rotatable bonds is 16. The molecule has 0 aromatic rings. The van der Waals surface area contributed by atoms with Crippen LogP contribution in [-0.2, 0) is 4.74 Å². The average Bonchev–Trinajstić information content (AvgIpc) is 2.60. The molecule has 0 aliphatic heterocycles. The summed E-state index contributed by atoms with van der Waals surface area (Å²) >= 11 is 0. The maximum atomic E-state index is 6.13. The topological polar surface area (TPSA) is 61.3 Å². The zero-order chi connectivity index (χ0) is 18.2. The number of hydrogen-bond donors (Lipinski definition) is 2. The van der Waals surface area contributed by atoms with Crippen molar-refractivity contribution in [2.75, 3.05) is 6.61 Å². The molecule has 0 bridgehead atoms. The Morgan fingerprint density at radius 1 is 0.680 bits per heavy atom. The second-order valence-electron chi connectivity index (χ2n) is 8.24. The van der Waals surface area contributed by atoms with Gasteiger partial charge in [0.2, 0.25) is 0 Å². The van der Waals surface area contributed by atoms with Crippen LogP contribution in [0.15, 0.2) is 0 Å². The Hall–Kier alpha value is -0.120. The quantitative estimate of drug-likeness (QED) is 0.350. The highest BCUT2D eigenvalue weighted by Gasteiger charge is 2.26. The zero-order valence-electron chi connectivity index (χ0n) is 17.0. The number of unbranched alkanes of at least 4 members (excludes halogenated alkanes) is 13. The van der Waals surface area contributed by atoms with E-state index in [0.29, 0.717) is 0 Å². The summed E-state index contributed by atoms with van der Waals surface area (Å²) in [6, 6.07) is 0.436. The standard InChI is InChI=1S/C22H46N2O/c1-2-3-4-5-6-7-8-9-10-11-12-13-14-15-18-25-22-17-16-20(23)19-21(22)24/h20-22H,2-19,23-24H2,1H3. The third-order valence-corrected chi connectivity index (χ3v) is 5.70. The minimum absolute atomic E-state index is 0.149. The molecular weight excluding hydrogens is 308 g/mol. The van der Waals surface area contributed by atoms with Gasteiger partial charge in [-0.15, -0.1) is 0 Å². The highest BCUT2D eigenvalue weighted by atomic mass is 16.5. The van der Waals surface area contributed by atoms with E-state index in [1.54, 1.807) is 0 Å². The third kappa shape index (κ3) is 12.8. The summed E-state index contributed by atoms with van der Waals surface area (Å²) in [7, 11) is 0. The molecule has 0 aromatic carbocycles. The zero-order valence-corrected chi connectivity index (χ0v) is 17.0. The maximum absolute atomic E-state index is 6.13. The Bertz CT molecular complexity index is 285. The van der Waals surface area contributed by atoms with E-state index < -0.39 is 0 Å². The first kappa shape index (κ1) is 22.9. The molecule has 1 saturated carbocycles. The average molecular weight is 355 g/mol. The number of nitrogens with two attached hydrogens (primary N) is 2. The van der Waals surface area contributed by atoms with Crippen molar-refractivity contribution in [3.8, 4) is 0 Å². The predicted octanol–water partition coefficient (Wildman–Crippen LogP) is 5.69. The van der Waals surface area contributed by atoms with E-state index in [1.807, 2.05) is 0 Å². The molecule has 0 heterocycles. The molecule has 1 fully saturated rings. The lowest BCUT2D eigenvalue weighted by Gasteiger charge is -2.32. The van der Waals surface area contributed by atoms with Gasteiger partial charge in [-0.05, 0) is 25.7 Å². The van der Waals surface area contributed by atoms with Gasteiger partial charge in [-0.25, -0.2) is 0 Å². The Morgan fingerprint density at radius 2 is 1.16 bits per heavy atom. The van der Waals surface area contributed by atoms with Crippen LogP contribution in [0.2, 0.25) is 0 Å². The van der Waals surface area contributed by atoms with Crippen LogP contribution in [-0.4, -0.2) is 24.8 Å². The predicted molar refractivity (Wildman–Crippen MR) is 110 cm³/mol. The van der Waals surface area contributed by atoms with Crippen molar-refractivity contribution < 1.29 is 4.74 Å². The van der Waals surface area contributed by atoms with Gasteiger partial charge in [-0.2, -0.15) is 0 Å². The smallest absolute Gasteiger partial charge is 0.0727 e. The molecule has 25 heavy (non-hydrogen) atoms. The lowest BCUT2D eigenvalue weighted by molar-refractivity contribution is 0.00978. The summed E-state index contributed by atoms with van der Waals surface area (Å²) in [5, 5.41) is 0. The lowest BCUT2D eigenvalue weighted by atomic mass is 9.89. The Kier molecular flexibility index (Phi) is 14.7. The first-order chi connectivity index (χ1) is 12.2. The Morgan fingerprint density at radius 3 is 1.64 bits per heavy atom. The molecule has 4 N–H and O–H groups in total. The second-order valence-corrected chi connectivity index (χ2v) is 8.24. The molecule has 1 rings (SSSR count). The minimum atomic E-state index is 0.149. The van der Waals surface area contributed by atoms with E-state index in [-0.39, 0.29) is 18.2 Å². The fourth-order valence-corrected chi connectivity index (χ4v) is 3.95. The van der Waals surface area contributed by atoms with E-state index in [0.717, 1.165) is 25.9 Å². The van der Waals surface area contributed by atoms with Crippen molar-refractivity contribution >= 4 is 0 Å². The largest absolute Gasteiger partial charge is 0.377 e. The molecule has 0 aromatic heterocycles. The molecule has 0 spiro atoms. The molecule has 1 aliphatic carbocycles. The highest BCUT2D eigenvalue weighted by Crippen LogP contribution is 2.20. The first-order valence-corrected chi connectivity index (χ1v) is 11.4. The lowest BCUT2D eigenvalue weighted by Crippen LogP contribution is -2.46. The summed E-state index contributed by atoms with van der Waals surface area (Å²) in [4.78, 5) is 0. The van der Waals surface area contributed by atoms with Gasteiger partial charge in [-0.3, -0.25) is 0 Å². The summed E-state index contributed by atoms with van der Waals surface area (Å²) in [6.07, 6.45) is 22.9. The summed E-state index contributed by atoms with van der Waals surface area (Å²) in [5.41, 5.74) is 12.1. The monoisotopic (exact) mass is 354 g/mol. The van der Waals surface area contributed by atoms with Crippen LogP contribution in [0.25, 0.3) is 0 Å². The summed E-state index contributed by atoms with van der Waals surface area (Å²) in [6.45, 7) is 3.17. The summed E-state index contributed by atoms with van der Waals surface area (Å²) in [5.74, 6) is 0. The fraction of sp³-hybridized carbons (Fsp3) is 1.00. The van der Waals surface area contributed by atoms with E-state index >= 15 is 0 Å². The van der Waals surface area contributed by atoms with Crippen LogP contribution in [0, 0.1) is 0 Å². The number of hydrogen-bond acceptors (Lipinski definition) is 3. The van der Waals surface area contributed by atoms with Crippen LogP contribution in [0.3, 0.4) is 0 Å². The Balaban J connectivity index is 1.75. The van der Waals surface area contributed by atoms with Gasteiger partial charge >= 0.3 is 0 Å². The van der Waals surface area contributed by atoms with Crippen molar-refractivity contribution in [2.24, 2.45) is 11.5 Å². The molecule has 1 aliphatic rings. The van der Waals surface area contributed by atoms with Gasteiger partial charge in [0.15, 0.2) is 0 Å². The van der Waals surface area contributed by atoms with Crippen molar-refractivity contribution in [1.29, 1.82) is 0 Å². The van der Waals surface area contributed by atoms with Crippen LogP contribution < -0.4 is 11.5 Å². The van der Waals surface area contributed by atoms with E-state index in [9.17, 15) is 0 Å². The number of ether oxygens (including phenoxy) is 1. The van der Waals surface area contributed by atoms with Gasteiger partial charge < -0.3 is 16.2 Å². The van der Waals surface area contributed by atoms with Crippen molar-refractivity contribution in [3.63, 3.8) is 0 Å². The van der Waals surface area contributed by atoms with Crippen LogP contribution in [0.5, 0.6) is 0 Å². The normalized spacial score (nSPS) is 23.9. The summed E-state index contributed by atoms with van der Waals surface area (Å²) < 4.78 is 5.97. The van der Waals surface area contributed by atoms with Crippen LogP contribution in [0.1, 0.15) is 116 Å². The van der Waals surface area contributed by atoms with Crippen molar-refractivity contribution in [3.05, 3.63) is 0 Å². The fourth-order valence-electron chi connectivity index (χ4n) is 3.95. The second kappa shape index (κ2) is 16.1. The molecule has 3 nitrogen and oxygen atoms in total. The molecule has 3 atom stereocenters. The van der Waals surface area contributed by atoms with Gasteiger partial charge in [-0.1, -0.05) is 90.4 Å². The Labute approximate surface area is 157 Å². The molecule has 0 saturated heterocycles. The SMILES string of the molecule is CCCCCCCCCCCCCCCCOC1CCC(N)CC1N. The molecule has 0 radical (unpaired) electrons. The highest BCUT2D eigenvalue weighted by molar-refractivity contribution is 4.85. The van der Waals surface area contributed by atoms with Gasteiger partial charge in [0, 0.05) is 18.7 Å². The van der Waals surface area contributed by atoms with Gasteiger partial charge in [0.05, 0.1) is 6.10 Å². The molecule has 3 unspecified atom stereocenters. The van der Waals surface area contributed by atoms with Crippen LogP contribution >= 0.6 is 0 Å².